The molecule has 0 atom stereocenters. The first-order valence-electron chi connectivity index (χ1n) is 2.73. The maximum Gasteiger partial charge on any atom is 0.129 e. The topological polar surface area (TPSA) is 0 Å². The van der Waals surface area contributed by atoms with Gasteiger partial charge in [0.15, 0.2) is 0 Å². The van der Waals surface area contributed by atoms with E-state index in [2.05, 4.69) is 34.2 Å². The second-order valence-electron chi connectivity index (χ2n) is 2.00. The van der Waals surface area contributed by atoms with Crippen LogP contribution in [0.1, 0.15) is 0 Å². The van der Waals surface area contributed by atoms with Crippen LogP contribution in [-0.2, 0) is 0 Å². The Labute approximate surface area is 52.4 Å². The third-order valence-corrected chi connectivity index (χ3v) is 5.71. The first-order valence-corrected chi connectivity index (χ1v) is 6.20. The summed E-state index contributed by atoms with van der Waals surface area (Å²) in [5.74, 6) is 0. The predicted octanol–water partition coefficient (Wildman–Crippen LogP) is 0.907. The summed E-state index contributed by atoms with van der Waals surface area (Å²) in [5, 5.41) is 0. The van der Waals surface area contributed by atoms with Crippen molar-refractivity contribution in [3.8, 4) is 0 Å². The molecule has 3 aliphatic rings. The van der Waals surface area contributed by atoms with Crippen LogP contribution in [0.3, 0.4) is 0 Å². The van der Waals surface area contributed by atoms with Gasteiger partial charge in [0.05, 0.1) is 0 Å². The SMILES string of the molecule is C1=C[Si]2C=C[Si]1C=C2. The maximum atomic E-state index is 2.39. The second-order valence-corrected chi connectivity index (χ2v) is 6.00. The van der Waals surface area contributed by atoms with Gasteiger partial charge in [0.2, 0.25) is 0 Å². The highest BCUT2D eigenvalue weighted by atomic mass is 28.3. The standard InChI is InChI=1S/C6H6Si2/c1-2-8-5-3-7(1)4-6-8/h1-6H. The maximum absolute atomic E-state index is 2.39. The molecule has 3 aliphatic heterocycles. The van der Waals surface area contributed by atoms with Crippen LogP contribution >= 0.6 is 0 Å². The van der Waals surface area contributed by atoms with Gasteiger partial charge in [-0.1, -0.05) is 34.2 Å². The number of rotatable bonds is 0. The molecule has 0 saturated heterocycles. The molecule has 0 aromatic heterocycles. The molecule has 0 N–H and O–H groups in total. The second kappa shape index (κ2) is 1.57. The minimum atomic E-state index is -0.238. The van der Waals surface area contributed by atoms with Gasteiger partial charge < -0.3 is 0 Å². The van der Waals surface area contributed by atoms with Crippen molar-refractivity contribution in [3.05, 3.63) is 34.2 Å². The summed E-state index contributed by atoms with van der Waals surface area (Å²) in [6.07, 6.45) is 0. The Morgan fingerprint density at radius 3 is 0.875 bits per heavy atom. The van der Waals surface area contributed by atoms with E-state index in [1.54, 1.807) is 0 Å². The molecular formula is C6H6Si2. The van der Waals surface area contributed by atoms with Gasteiger partial charge in [-0.15, -0.1) is 0 Å². The molecule has 2 heteroatoms. The van der Waals surface area contributed by atoms with Gasteiger partial charge in [-0.3, -0.25) is 0 Å². The minimum absolute atomic E-state index is 0.238. The van der Waals surface area contributed by atoms with E-state index in [0.717, 1.165) is 0 Å². The highest BCUT2D eigenvalue weighted by molar-refractivity contribution is 6.88. The van der Waals surface area contributed by atoms with Gasteiger partial charge in [0.1, 0.15) is 17.6 Å². The summed E-state index contributed by atoms with van der Waals surface area (Å²) in [5.41, 5.74) is 14.3. The van der Waals surface area contributed by atoms with Gasteiger partial charge in [-0.2, -0.15) is 0 Å². The van der Waals surface area contributed by atoms with E-state index < -0.39 is 0 Å². The largest absolute Gasteiger partial charge is 0.129 e. The van der Waals surface area contributed by atoms with Gasteiger partial charge in [0.25, 0.3) is 0 Å². The lowest BCUT2D eigenvalue weighted by molar-refractivity contribution is 2.01. The van der Waals surface area contributed by atoms with Crippen LogP contribution in [0.2, 0.25) is 0 Å². The Balaban J connectivity index is 2.39. The van der Waals surface area contributed by atoms with Crippen molar-refractivity contribution >= 4 is 17.6 Å². The third-order valence-electron chi connectivity index (χ3n) is 1.40. The Morgan fingerprint density at radius 1 is 0.500 bits per heavy atom. The molecule has 38 valence electrons. The fourth-order valence-electron chi connectivity index (χ4n) is 0.911. The van der Waals surface area contributed by atoms with Crippen LogP contribution in [-0.4, -0.2) is 17.6 Å². The molecule has 2 bridgehead atoms. The molecule has 0 spiro atoms. The number of hydrogen-bond donors (Lipinski definition) is 0. The average molecular weight is 134 g/mol. The summed E-state index contributed by atoms with van der Waals surface area (Å²) in [6, 6.07) is 0. The van der Waals surface area contributed by atoms with Crippen LogP contribution in [0.4, 0.5) is 0 Å². The zero-order valence-corrected chi connectivity index (χ0v) is 6.46. The molecule has 0 nitrogen and oxygen atoms in total. The summed E-state index contributed by atoms with van der Waals surface area (Å²) < 4.78 is 0. The molecule has 2 radical (unpaired) electrons. The first-order chi connectivity index (χ1) is 3.95. The fourth-order valence-corrected chi connectivity index (χ4v) is 6.20. The van der Waals surface area contributed by atoms with Crippen LogP contribution in [0.15, 0.2) is 34.2 Å². The Morgan fingerprint density at radius 2 is 0.750 bits per heavy atom. The van der Waals surface area contributed by atoms with Crippen molar-refractivity contribution < 1.29 is 0 Å². The van der Waals surface area contributed by atoms with Crippen molar-refractivity contribution in [2.24, 2.45) is 0 Å². The summed E-state index contributed by atoms with van der Waals surface area (Å²) >= 11 is 0. The lowest BCUT2D eigenvalue weighted by Gasteiger charge is -2.13. The quantitative estimate of drug-likeness (QED) is 0.432. The molecule has 0 fully saturated rings. The van der Waals surface area contributed by atoms with Crippen LogP contribution < -0.4 is 0 Å². The lowest BCUT2D eigenvalue weighted by atomic mass is 11.1. The Hall–Kier alpha value is -0.346. The van der Waals surface area contributed by atoms with Crippen LogP contribution in [0.5, 0.6) is 0 Å². The number of hydrogen-bond acceptors (Lipinski definition) is 0. The fraction of sp³-hybridized carbons (Fsp3) is 0. The van der Waals surface area contributed by atoms with Crippen LogP contribution in [0.25, 0.3) is 0 Å². The van der Waals surface area contributed by atoms with Crippen molar-refractivity contribution in [2.75, 3.05) is 0 Å². The van der Waals surface area contributed by atoms with Gasteiger partial charge in [-0.05, 0) is 0 Å². The van der Waals surface area contributed by atoms with Crippen molar-refractivity contribution in [2.45, 2.75) is 0 Å². The van der Waals surface area contributed by atoms with Crippen molar-refractivity contribution in [1.82, 2.24) is 0 Å². The van der Waals surface area contributed by atoms with Gasteiger partial charge in [-0.25, -0.2) is 0 Å². The van der Waals surface area contributed by atoms with E-state index in [-0.39, 0.29) is 17.6 Å². The molecule has 0 aliphatic carbocycles. The molecule has 0 unspecified atom stereocenters. The van der Waals surface area contributed by atoms with E-state index in [0.29, 0.717) is 0 Å². The highest BCUT2D eigenvalue weighted by Crippen LogP contribution is 2.09. The lowest BCUT2D eigenvalue weighted by Crippen LogP contribution is -2.20. The molecule has 8 heavy (non-hydrogen) atoms. The smallest absolute Gasteiger partial charge is 0.0956 e. The van der Waals surface area contributed by atoms with E-state index in [1.165, 1.54) is 0 Å². The molecule has 0 amide bonds. The van der Waals surface area contributed by atoms with Gasteiger partial charge >= 0.3 is 0 Å². The molecule has 0 aromatic rings. The zero-order chi connectivity index (χ0) is 5.40. The normalized spacial score (nSPS) is 25.5. The molecule has 0 aromatic carbocycles. The average Bonchev–Trinajstić information content (AvgIpc) is 1.92. The van der Waals surface area contributed by atoms with Crippen molar-refractivity contribution in [3.63, 3.8) is 0 Å². The molecule has 3 rings (SSSR count). The predicted molar refractivity (Wildman–Crippen MR) is 38.9 cm³/mol. The molecule has 0 saturated carbocycles. The van der Waals surface area contributed by atoms with E-state index in [1.807, 2.05) is 0 Å². The summed E-state index contributed by atoms with van der Waals surface area (Å²) in [4.78, 5) is 0. The monoisotopic (exact) mass is 134 g/mol. The highest BCUT2D eigenvalue weighted by Gasteiger charge is 2.12. The Kier molecular flexibility index (Phi) is 0.886. The van der Waals surface area contributed by atoms with Gasteiger partial charge in [0, 0.05) is 0 Å². The minimum Gasteiger partial charge on any atom is -0.0956 e. The summed E-state index contributed by atoms with van der Waals surface area (Å²) in [6.45, 7) is 0. The van der Waals surface area contributed by atoms with Crippen LogP contribution in [0, 0.1) is 0 Å². The van der Waals surface area contributed by atoms with Crippen molar-refractivity contribution in [1.29, 1.82) is 0 Å². The first kappa shape index (κ1) is 4.52. The third kappa shape index (κ3) is 0.570. The Bertz CT molecular complexity index is 128. The van der Waals surface area contributed by atoms with E-state index in [9.17, 15) is 0 Å². The molecular weight excluding hydrogens is 128 g/mol. The van der Waals surface area contributed by atoms with E-state index in [4.69, 9.17) is 0 Å². The summed E-state index contributed by atoms with van der Waals surface area (Å²) in [7, 11) is -0.475. The van der Waals surface area contributed by atoms with E-state index >= 15 is 0 Å². The zero-order valence-electron chi connectivity index (χ0n) is 4.46. The molecule has 3 heterocycles.